The molecule has 0 aliphatic rings. The highest BCUT2D eigenvalue weighted by Gasteiger charge is 2.11. The number of anilines is 1. The lowest BCUT2D eigenvalue weighted by molar-refractivity contribution is 1.15. The van der Waals surface area contributed by atoms with Crippen LogP contribution in [-0.4, -0.2) is 24.9 Å². The second kappa shape index (κ2) is 5.17. The van der Waals surface area contributed by atoms with Gasteiger partial charge in [0, 0.05) is 29.0 Å². The Balaban J connectivity index is 1.90. The molecule has 0 saturated carbocycles. The van der Waals surface area contributed by atoms with E-state index in [1.165, 1.54) is 0 Å². The van der Waals surface area contributed by atoms with E-state index in [2.05, 4.69) is 24.9 Å². The first kappa shape index (κ1) is 13.4. The van der Waals surface area contributed by atoms with Crippen molar-refractivity contribution in [2.75, 3.05) is 5.73 Å². The summed E-state index contributed by atoms with van der Waals surface area (Å²) in [5.74, 6) is 0.226. The zero-order valence-electron chi connectivity index (χ0n) is 12.5. The number of aromatic nitrogens is 5. The summed E-state index contributed by atoms with van der Waals surface area (Å²) < 4.78 is 0. The Kier molecular flexibility index (Phi) is 3.01. The van der Waals surface area contributed by atoms with Gasteiger partial charge in [0.2, 0.25) is 5.95 Å². The predicted molar refractivity (Wildman–Crippen MR) is 89.5 cm³/mol. The third-order valence-corrected chi connectivity index (χ3v) is 3.65. The SMILES string of the molecule is Cc1cccc(-c2cc(-c3c[nH]c4cnccc34)nc(N)n2)n1. The highest BCUT2D eigenvalue weighted by Crippen LogP contribution is 2.29. The summed E-state index contributed by atoms with van der Waals surface area (Å²) in [6, 6.07) is 9.66. The Labute approximate surface area is 132 Å². The molecule has 6 heteroatoms. The van der Waals surface area contributed by atoms with Crippen molar-refractivity contribution < 1.29 is 0 Å². The average Bonchev–Trinajstić information content (AvgIpc) is 2.98. The van der Waals surface area contributed by atoms with Crippen molar-refractivity contribution in [2.24, 2.45) is 0 Å². The van der Waals surface area contributed by atoms with Gasteiger partial charge < -0.3 is 10.7 Å². The van der Waals surface area contributed by atoms with Gasteiger partial charge in [0.25, 0.3) is 0 Å². The molecule has 0 aliphatic carbocycles. The molecule has 0 unspecified atom stereocenters. The lowest BCUT2D eigenvalue weighted by Crippen LogP contribution is -1.99. The molecule has 0 fully saturated rings. The minimum atomic E-state index is 0.226. The van der Waals surface area contributed by atoms with Crippen LogP contribution < -0.4 is 5.73 Å². The summed E-state index contributed by atoms with van der Waals surface area (Å²) in [6.07, 6.45) is 5.45. The van der Waals surface area contributed by atoms with E-state index in [-0.39, 0.29) is 5.95 Å². The first-order valence-corrected chi connectivity index (χ1v) is 7.21. The molecule has 0 saturated heterocycles. The number of nitrogens with one attached hydrogen (secondary N) is 1. The predicted octanol–water partition coefficient (Wildman–Crippen LogP) is 2.97. The smallest absolute Gasteiger partial charge is 0.221 e. The third-order valence-electron chi connectivity index (χ3n) is 3.65. The van der Waals surface area contributed by atoms with Gasteiger partial charge in [-0.1, -0.05) is 6.07 Å². The first-order valence-electron chi connectivity index (χ1n) is 7.21. The number of hydrogen-bond acceptors (Lipinski definition) is 5. The third kappa shape index (κ3) is 2.40. The Hall–Kier alpha value is -3.28. The number of pyridine rings is 2. The van der Waals surface area contributed by atoms with Crippen LogP contribution in [0.15, 0.2) is 48.9 Å². The van der Waals surface area contributed by atoms with Crippen LogP contribution in [0, 0.1) is 6.92 Å². The van der Waals surface area contributed by atoms with Crippen molar-refractivity contribution in [2.45, 2.75) is 6.92 Å². The molecule has 0 atom stereocenters. The quantitative estimate of drug-likeness (QED) is 0.593. The van der Waals surface area contributed by atoms with Gasteiger partial charge in [-0.05, 0) is 31.2 Å². The number of nitrogens with zero attached hydrogens (tertiary/aromatic N) is 4. The zero-order chi connectivity index (χ0) is 15.8. The molecule has 0 radical (unpaired) electrons. The van der Waals surface area contributed by atoms with Crippen LogP contribution in [-0.2, 0) is 0 Å². The number of nitrogen functional groups attached to an aromatic ring is 1. The molecule has 4 rings (SSSR count). The van der Waals surface area contributed by atoms with Crippen LogP contribution in [0.5, 0.6) is 0 Å². The van der Waals surface area contributed by atoms with E-state index in [0.717, 1.165) is 33.5 Å². The first-order chi connectivity index (χ1) is 11.2. The summed E-state index contributed by atoms with van der Waals surface area (Å²) in [7, 11) is 0. The Morgan fingerprint density at radius 1 is 1.00 bits per heavy atom. The molecule has 4 aromatic rings. The topological polar surface area (TPSA) is 93.4 Å². The average molecular weight is 302 g/mol. The maximum atomic E-state index is 5.91. The number of aromatic amines is 1. The number of hydrogen-bond donors (Lipinski definition) is 2. The van der Waals surface area contributed by atoms with Crippen LogP contribution in [0.2, 0.25) is 0 Å². The van der Waals surface area contributed by atoms with Crippen LogP contribution in [0.3, 0.4) is 0 Å². The molecule has 23 heavy (non-hydrogen) atoms. The van der Waals surface area contributed by atoms with E-state index in [9.17, 15) is 0 Å². The summed E-state index contributed by atoms with van der Waals surface area (Å²) in [6.45, 7) is 1.95. The van der Waals surface area contributed by atoms with Crippen molar-refractivity contribution in [1.82, 2.24) is 24.9 Å². The minimum Gasteiger partial charge on any atom is -0.368 e. The molecule has 0 bridgehead atoms. The summed E-state index contributed by atoms with van der Waals surface area (Å²) >= 11 is 0. The molecule has 0 spiro atoms. The molecular weight excluding hydrogens is 288 g/mol. The van der Waals surface area contributed by atoms with E-state index in [4.69, 9.17) is 5.73 Å². The van der Waals surface area contributed by atoms with Gasteiger partial charge in [0.1, 0.15) is 0 Å². The fraction of sp³-hybridized carbons (Fsp3) is 0.0588. The Morgan fingerprint density at radius 3 is 2.74 bits per heavy atom. The van der Waals surface area contributed by atoms with Gasteiger partial charge in [-0.25, -0.2) is 9.97 Å². The summed E-state index contributed by atoms with van der Waals surface area (Å²) in [4.78, 5) is 20.5. The van der Waals surface area contributed by atoms with Crippen LogP contribution in [0.25, 0.3) is 33.5 Å². The zero-order valence-corrected chi connectivity index (χ0v) is 12.5. The van der Waals surface area contributed by atoms with E-state index in [1.54, 1.807) is 12.4 Å². The fourth-order valence-corrected chi connectivity index (χ4v) is 2.60. The van der Waals surface area contributed by atoms with Gasteiger partial charge in [-0.3, -0.25) is 9.97 Å². The lowest BCUT2D eigenvalue weighted by Gasteiger charge is -2.06. The summed E-state index contributed by atoms with van der Waals surface area (Å²) in [5.41, 5.74) is 11.0. The molecule has 0 amide bonds. The summed E-state index contributed by atoms with van der Waals surface area (Å²) in [5, 5.41) is 1.04. The molecule has 3 N–H and O–H groups in total. The highest BCUT2D eigenvalue weighted by atomic mass is 15.0. The van der Waals surface area contributed by atoms with Crippen LogP contribution in [0.4, 0.5) is 5.95 Å². The lowest BCUT2D eigenvalue weighted by atomic mass is 10.1. The highest BCUT2D eigenvalue weighted by molar-refractivity contribution is 5.94. The molecule has 0 aromatic carbocycles. The standard InChI is InChI=1S/C17H14N6/c1-10-3-2-4-13(21-10)15-7-14(22-17(18)23-15)12-8-20-16-9-19-6-5-11(12)16/h2-9,20H,1H3,(H2,18,22,23). The van der Waals surface area contributed by atoms with Crippen molar-refractivity contribution in [3.8, 4) is 22.6 Å². The van der Waals surface area contributed by atoms with Gasteiger partial charge in [-0.15, -0.1) is 0 Å². The molecule has 4 aromatic heterocycles. The number of nitrogens with two attached hydrogens (primary N) is 1. The van der Waals surface area contributed by atoms with Gasteiger partial charge >= 0.3 is 0 Å². The Morgan fingerprint density at radius 2 is 1.87 bits per heavy atom. The molecule has 0 aliphatic heterocycles. The normalized spacial score (nSPS) is 11.0. The number of H-pyrrole nitrogens is 1. The fourth-order valence-electron chi connectivity index (χ4n) is 2.60. The van der Waals surface area contributed by atoms with Gasteiger partial charge in [0.15, 0.2) is 0 Å². The molecule has 112 valence electrons. The van der Waals surface area contributed by atoms with Crippen molar-refractivity contribution in [3.05, 3.63) is 54.6 Å². The monoisotopic (exact) mass is 302 g/mol. The molecular formula is C17H14N6. The van der Waals surface area contributed by atoms with Crippen molar-refractivity contribution in [3.63, 3.8) is 0 Å². The number of rotatable bonds is 2. The van der Waals surface area contributed by atoms with E-state index in [0.29, 0.717) is 5.69 Å². The maximum absolute atomic E-state index is 5.91. The second-order valence-electron chi connectivity index (χ2n) is 5.28. The van der Waals surface area contributed by atoms with Crippen molar-refractivity contribution >= 4 is 16.9 Å². The van der Waals surface area contributed by atoms with E-state index in [1.807, 2.05) is 43.5 Å². The largest absolute Gasteiger partial charge is 0.368 e. The maximum Gasteiger partial charge on any atom is 0.221 e. The number of fused-ring (bicyclic) bond motifs is 1. The van der Waals surface area contributed by atoms with Crippen LogP contribution in [0.1, 0.15) is 5.69 Å². The minimum absolute atomic E-state index is 0.226. The van der Waals surface area contributed by atoms with Crippen molar-refractivity contribution in [1.29, 1.82) is 0 Å². The van der Waals surface area contributed by atoms with Crippen LogP contribution >= 0.6 is 0 Å². The Bertz CT molecular complexity index is 1000. The van der Waals surface area contributed by atoms with Gasteiger partial charge in [-0.2, -0.15) is 0 Å². The van der Waals surface area contributed by atoms with E-state index >= 15 is 0 Å². The molecule has 4 heterocycles. The van der Waals surface area contributed by atoms with E-state index < -0.39 is 0 Å². The number of aryl methyl sites for hydroxylation is 1. The molecule has 6 nitrogen and oxygen atoms in total. The van der Waals surface area contributed by atoms with Gasteiger partial charge in [0.05, 0.1) is 28.8 Å². The second-order valence-corrected chi connectivity index (χ2v) is 5.28.